The highest BCUT2D eigenvalue weighted by atomic mass is 32.2. The first kappa shape index (κ1) is 18.8. The Morgan fingerprint density at radius 3 is 2.70 bits per heavy atom. The van der Waals surface area contributed by atoms with Crippen molar-refractivity contribution in [3.63, 3.8) is 0 Å². The van der Waals surface area contributed by atoms with E-state index in [1.54, 1.807) is 0 Å². The quantitative estimate of drug-likeness (QED) is 0.442. The molecule has 1 aliphatic carbocycles. The number of thioether (sulfide) groups is 1. The van der Waals surface area contributed by atoms with Gasteiger partial charge in [-0.25, -0.2) is 0 Å². The SMILES string of the molecule is O=C(CSc1nnc(C2CC2)n1Cc1ccccc1)NCc1nnc2ccccn12. The van der Waals surface area contributed by atoms with Gasteiger partial charge in [0.2, 0.25) is 5.91 Å². The molecule has 1 fully saturated rings. The van der Waals surface area contributed by atoms with Gasteiger partial charge >= 0.3 is 0 Å². The lowest BCUT2D eigenvalue weighted by Crippen LogP contribution is -2.25. The fourth-order valence-corrected chi connectivity index (χ4v) is 4.11. The summed E-state index contributed by atoms with van der Waals surface area (Å²) in [5.74, 6) is 2.42. The third-order valence-electron chi connectivity index (χ3n) is 5.03. The number of carbonyl (C=O) groups is 1. The molecule has 1 N–H and O–H groups in total. The Morgan fingerprint density at radius 2 is 1.87 bits per heavy atom. The second-order valence-corrected chi connectivity index (χ2v) is 8.24. The van der Waals surface area contributed by atoms with Crippen LogP contribution in [0.25, 0.3) is 5.65 Å². The average Bonchev–Trinajstić information content (AvgIpc) is 3.42. The number of carbonyl (C=O) groups excluding carboxylic acids is 1. The normalized spacial score (nSPS) is 13.6. The number of aromatic nitrogens is 6. The average molecular weight is 420 g/mol. The van der Waals surface area contributed by atoms with E-state index in [-0.39, 0.29) is 11.7 Å². The van der Waals surface area contributed by atoms with Crippen LogP contribution in [0, 0.1) is 0 Å². The summed E-state index contributed by atoms with van der Waals surface area (Å²) < 4.78 is 4.02. The topological polar surface area (TPSA) is 90.0 Å². The summed E-state index contributed by atoms with van der Waals surface area (Å²) in [6.07, 6.45) is 4.20. The molecule has 1 aliphatic rings. The van der Waals surface area contributed by atoms with Gasteiger partial charge in [0.25, 0.3) is 0 Å². The fraction of sp³-hybridized carbons (Fsp3) is 0.286. The van der Waals surface area contributed by atoms with Crippen molar-refractivity contribution in [2.45, 2.75) is 37.0 Å². The van der Waals surface area contributed by atoms with E-state index in [4.69, 9.17) is 0 Å². The maximum atomic E-state index is 12.4. The second-order valence-electron chi connectivity index (χ2n) is 7.30. The Hall–Kier alpha value is -3.20. The number of benzene rings is 1. The summed E-state index contributed by atoms with van der Waals surface area (Å²) in [5, 5.41) is 20.7. The highest BCUT2D eigenvalue weighted by molar-refractivity contribution is 7.99. The lowest BCUT2D eigenvalue weighted by Gasteiger charge is -2.10. The van der Waals surface area contributed by atoms with Crippen molar-refractivity contribution in [1.29, 1.82) is 0 Å². The van der Waals surface area contributed by atoms with Gasteiger partial charge in [0.15, 0.2) is 16.6 Å². The molecule has 1 saturated carbocycles. The maximum Gasteiger partial charge on any atom is 0.230 e. The zero-order valence-electron chi connectivity index (χ0n) is 16.3. The molecule has 0 saturated heterocycles. The van der Waals surface area contributed by atoms with Gasteiger partial charge in [-0.3, -0.25) is 9.20 Å². The fourth-order valence-electron chi connectivity index (χ4n) is 3.34. The molecule has 0 aliphatic heterocycles. The summed E-state index contributed by atoms with van der Waals surface area (Å²) in [5.41, 5.74) is 1.96. The first-order valence-corrected chi connectivity index (χ1v) is 10.9. The first-order valence-electron chi connectivity index (χ1n) is 9.93. The summed E-state index contributed by atoms with van der Waals surface area (Å²) in [4.78, 5) is 12.4. The van der Waals surface area contributed by atoms with Crippen LogP contribution in [0.1, 0.15) is 36.0 Å². The van der Waals surface area contributed by atoms with Crippen molar-refractivity contribution < 1.29 is 4.79 Å². The monoisotopic (exact) mass is 419 g/mol. The van der Waals surface area contributed by atoms with E-state index in [1.807, 2.05) is 47.0 Å². The number of nitrogens with one attached hydrogen (secondary N) is 1. The van der Waals surface area contributed by atoms with Crippen LogP contribution in [-0.4, -0.2) is 41.0 Å². The minimum atomic E-state index is -0.0742. The molecule has 0 spiro atoms. The summed E-state index contributed by atoms with van der Waals surface area (Å²) in [6, 6.07) is 16.0. The molecule has 1 amide bonds. The van der Waals surface area contributed by atoms with Crippen molar-refractivity contribution in [3.8, 4) is 0 Å². The van der Waals surface area contributed by atoms with Crippen LogP contribution < -0.4 is 5.32 Å². The molecule has 30 heavy (non-hydrogen) atoms. The van der Waals surface area contributed by atoms with Gasteiger partial charge in [-0.15, -0.1) is 20.4 Å². The molecule has 3 heterocycles. The Kier molecular flexibility index (Phi) is 5.18. The molecule has 0 bridgehead atoms. The zero-order valence-corrected chi connectivity index (χ0v) is 17.1. The predicted octanol–water partition coefficient (Wildman–Crippen LogP) is 2.66. The van der Waals surface area contributed by atoms with E-state index in [1.165, 1.54) is 17.3 Å². The van der Waals surface area contributed by atoms with E-state index in [0.29, 0.717) is 18.3 Å². The minimum Gasteiger partial charge on any atom is -0.348 e. The van der Waals surface area contributed by atoms with E-state index in [0.717, 1.165) is 36.0 Å². The highest BCUT2D eigenvalue weighted by Crippen LogP contribution is 2.40. The minimum absolute atomic E-state index is 0.0742. The zero-order chi connectivity index (χ0) is 20.3. The van der Waals surface area contributed by atoms with Crippen LogP contribution in [0.4, 0.5) is 0 Å². The third-order valence-corrected chi connectivity index (χ3v) is 6.00. The molecule has 4 aromatic rings. The number of pyridine rings is 1. The van der Waals surface area contributed by atoms with E-state index < -0.39 is 0 Å². The first-order chi connectivity index (χ1) is 14.8. The van der Waals surface area contributed by atoms with Gasteiger partial charge in [-0.1, -0.05) is 48.2 Å². The van der Waals surface area contributed by atoms with Gasteiger partial charge in [-0.2, -0.15) is 0 Å². The molecule has 0 atom stereocenters. The van der Waals surface area contributed by atoms with E-state index >= 15 is 0 Å². The number of amides is 1. The Labute approximate surface area is 177 Å². The van der Waals surface area contributed by atoms with Crippen LogP contribution in [-0.2, 0) is 17.9 Å². The Bertz CT molecular complexity index is 1170. The summed E-state index contributed by atoms with van der Waals surface area (Å²) in [6.45, 7) is 1.05. The largest absolute Gasteiger partial charge is 0.348 e. The molecular formula is C21H21N7OS. The number of nitrogens with zero attached hydrogens (tertiary/aromatic N) is 6. The number of fused-ring (bicyclic) bond motifs is 1. The Morgan fingerprint density at radius 1 is 1.03 bits per heavy atom. The van der Waals surface area contributed by atoms with Crippen LogP contribution in [0.5, 0.6) is 0 Å². The summed E-state index contributed by atoms with van der Waals surface area (Å²) in [7, 11) is 0. The standard InChI is InChI=1S/C21H21N7OS/c29-19(22-12-18-24-23-17-8-4-5-11-27(17)18)14-30-21-26-25-20(16-9-10-16)28(21)13-15-6-2-1-3-7-15/h1-8,11,16H,9-10,12-14H2,(H,22,29). The lowest BCUT2D eigenvalue weighted by molar-refractivity contribution is -0.118. The molecule has 9 heteroatoms. The van der Waals surface area contributed by atoms with E-state index in [2.05, 4.69) is 42.4 Å². The van der Waals surface area contributed by atoms with Crippen LogP contribution in [0.15, 0.2) is 59.9 Å². The van der Waals surface area contributed by atoms with Gasteiger partial charge < -0.3 is 9.88 Å². The number of hydrogen-bond donors (Lipinski definition) is 1. The molecule has 5 rings (SSSR count). The van der Waals surface area contributed by atoms with E-state index in [9.17, 15) is 4.79 Å². The van der Waals surface area contributed by atoms with Crippen molar-refractivity contribution in [2.24, 2.45) is 0 Å². The van der Waals surface area contributed by atoms with Crippen molar-refractivity contribution >= 4 is 23.3 Å². The van der Waals surface area contributed by atoms with Crippen molar-refractivity contribution in [3.05, 3.63) is 71.9 Å². The molecule has 3 aromatic heterocycles. The molecule has 0 radical (unpaired) electrons. The number of rotatable bonds is 8. The van der Waals surface area contributed by atoms with Crippen LogP contribution >= 0.6 is 11.8 Å². The number of hydrogen-bond acceptors (Lipinski definition) is 6. The second kappa shape index (κ2) is 8.27. The third kappa shape index (κ3) is 4.06. The van der Waals surface area contributed by atoms with Crippen LogP contribution in [0.3, 0.4) is 0 Å². The predicted molar refractivity (Wildman–Crippen MR) is 113 cm³/mol. The van der Waals surface area contributed by atoms with Crippen molar-refractivity contribution in [2.75, 3.05) is 5.75 Å². The molecule has 8 nitrogen and oxygen atoms in total. The van der Waals surface area contributed by atoms with Crippen LogP contribution in [0.2, 0.25) is 0 Å². The Balaban J connectivity index is 1.23. The summed E-state index contributed by atoms with van der Waals surface area (Å²) >= 11 is 1.42. The lowest BCUT2D eigenvalue weighted by atomic mass is 10.2. The van der Waals surface area contributed by atoms with Crippen molar-refractivity contribution in [1.82, 2.24) is 34.7 Å². The molecule has 152 valence electrons. The molecule has 1 aromatic carbocycles. The maximum absolute atomic E-state index is 12.4. The van der Waals surface area contributed by atoms with Gasteiger partial charge in [0.1, 0.15) is 5.82 Å². The van der Waals surface area contributed by atoms with Gasteiger partial charge in [0.05, 0.1) is 18.8 Å². The molecular weight excluding hydrogens is 398 g/mol. The smallest absolute Gasteiger partial charge is 0.230 e. The molecule has 0 unspecified atom stereocenters. The van der Waals surface area contributed by atoms with Gasteiger partial charge in [-0.05, 0) is 30.5 Å². The van der Waals surface area contributed by atoms with Gasteiger partial charge in [0, 0.05) is 12.1 Å². The highest BCUT2D eigenvalue weighted by Gasteiger charge is 2.30.